The minimum atomic E-state index is -1.51. The van der Waals surface area contributed by atoms with Crippen molar-refractivity contribution in [3.05, 3.63) is 33.6 Å². The number of amides is 1. The molecule has 10 nitrogen and oxygen atoms in total. The zero-order valence-electron chi connectivity index (χ0n) is 19.7. The van der Waals surface area contributed by atoms with Crippen molar-refractivity contribution >= 4 is 34.2 Å². The van der Waals surface area contributed by atoms with E-state index in [1.165, 1.54) is 21.3 Å². The zero-order valence-corrected chi connectivity index (χ0v) is 19.7. The highest BCUT2D eigenvalue weighted by Crippen LogP contribution is 2.42. The van der Waals surface area contributed by atoms with Crippen LogP contribution in [-0.4, -0.2) is 68.9 Å². The average molecular weight is 494 g/mol. The number of halogens is 2. The third-order valence-electron chi connectivity index (χ3n) is 6.83. The second-order valence-electron chi connectivity index (χ2n) is 9.54. The van der Waals surface area contributed by atoms with Gasteiger partial charge < -0.3 is 36.0 Å². The van der Waals surface area contributed by atoms with Crippen molar-refractivity contribution in [2.45, 2.75) is 63.9 Å². The molecule has 1 amide bonds. The molecule has 2 fully saturated rings. The van der Waals surface area contributed by atoms with Crippen LogP contribution < -0.4 is 21.8 Å². The Balaban J connectivity index is 1.84. The number of piperazine rings is 1. The molecule has 1 aromatic heterocycles. The van der Waals surface area contributed by atoms with E-state index in [4.69, 9.17) is 11.5 Å². The van der Waals surface area contributed by atoms with Gasteiger partial charge in [-0.25, -0.2) is 13.6 Å². The van der Waals surface area contributed by atoms with Gasteiger partial charge in [-0.15, -0.1) is 0 Å². The van der Waals surface area contributed by atoms with E-state index in [0.717, 1.165) is 6.20 Å². The van der Waals surface area contributed by atoms with Crippen molar-refractivity contribution in [3.63, 3.8) is 0 Å². The molecule has 1 aliphatic carbocycles. The zero-order chi connectivity index (χ0) is 25.9. The summed E-state index contributed by atoms with van der Waals surface area (Å²) in [5.74, 6) is -4.14. The molecular formula is C23H29F2N5O5. The first-order chi connectivity index (χ1) is 16.4. The molecule has 2 heterocycles. The van der Waals surface area contributed by atoms with Crippen LogP contribution in [0.15, 0.2) is 11.0 Å². The second kappa shape index (κ2) is 8.76. The summed E-state index contributed by atoms with van der Waals surface area (Å²) in [6, 6.07) is -2.37. The summed E-state index contributed by atoms with van der Waals surface area (Å²) in [7, 11) is 0. The van der Waals surface area contributed by atoms with Crippen LogP contribution in [0.3, 0.4) is 0 Å². The molecule has 0 radical (unpaired) electrons. The van der Waals surface area contributed by atoms with Crippen LogP contribution in [0.1, 0.15) is 50.0 Å². The van der Waals surface area contributed by atoms with Gasteiger partial charge in [-0.05, 0) is 33.6 Å². The number of hydrogen-bond acceptors (Lipinski definition) is 7. The fourth-order valence-electron chi connectivity index (χ4n) is 4.94. The first-order valence-corrected chi connectivity index (χ1v) is 11.5. The quantitative estimate of drug-likeness (QED) is 0.450. The van der Waals surface area contributed by atoms with Gasteiger partial charge in [0.1, 0.15) is 17.3 Å². The number of pyridine rings is 1. The number of aliphatic hydroxyl groups excluding tert-OH is 1. The Bertz CT molecular complexity index is 1260. The lowest BCUT2D eigenvalue weighted by atomic mass is 10.0. The number of nitrogens with zero attached hydrogens (tertiary/aromatic N) is 3. The number of rotatable bonds is 5. The van der Waals surface area contributed by atoms with Gasteiger partial charge in [0.2, 0.25) is 11.3 Å². The number of carboxylic acids is 1. The third kappa shape index (κ3) is 4.00. The van der Waals surface area contributed by atoms with Gasteiger partial charge in [0.05, 0.1) is 22.7 Å². The second-order valence-corrected chi connectivity index (χ2v) is 9.54. The number of carbonyl (C=O) groups excluding carboxylic acids is 1. The Hall–Kier alpha value is -3.25. The van der Waals surface area contributed by atoms with Crippen LogP contribution in [0, 0.1) is 11.6 Å². The van der Waals surface area contributed by atoms with Gasteiger partial charge in [0, 0.05) is 37.4 Å². The minimum absolute atomic E-state index is 0.0439. The Kier molecular flexibility index (Phi) is 6.22. The van der Waals surface area contributed by atoms with Gasteiger partial charge in [-0.2, -0.15) is 0 Å². The predicted molar refractivity (Wildman–Crippen MR) is 125 cm³/mol. The van der Waals surface area contributed by atoms with Gasteiger partial charge in [0.25, 0.3) is 0 Å². The lowest BCUT2D eigenvalue weighted by molar-refractivity contribution is -0.139. The number of aliphatic hydroxyl groups is 1. The monoisotopic (exact) mass is 493 g/mol. The standard InChI is InChI=1S/C23H29F2N5O5/c1-9-6-28(7-10(2)30(9)22(33)17(26)11(3)31)20-15(24)18(27)14-19(16(20)25)29(12-4-5-12)8-13(21(14)32)23(34)35/h8-12,17,31H,4-7,26-27H2,1-3H3,(H,34,35)/t9-,10+,11?,17?. The van der Waals surface area contributed by atoms with Gasteiger partial charge in [0.15, 0.2) is 11.6 Å². The molecule has 1 aliphatic heterocycles. The summed E-state index contributed by atoms with van der Waals surface area (Å²) in [5, 5.41) is 18.7. The molecule has 0 bridgehead atoms. The SMILES string of the molecule is CC(O)C(N)C(=O)N1[C@H](C)CN(c2c(F)c(N)c3c(=O)c(C(=O)O)cn(C4CC4)c3c2F)C[C@@H]1C. The fourth-order valence-corrected chi connectivity index (χ4v) is 4.94. The highest BCUT2D eigenvalue weighted by molar-refractivity contribution is 6.00. The molecule has 190 valence electrons. The molecule has 2 aliphatic rings. The number of anilines is 2. The van der Waals surface area contributed by atoms with Crippen LogP contribution in [0.2, 0.25) is 0 Å². The van der Waals surface area contributed by atoms with E-state index >= 15 is 8.78 Å². The maximum atomic E-state index is 16.0. The van der Waals surface area contributed by atoms with Crippen LogP contribution >= 0.6 is 0 Å². The number of aromatic nitrogens is 1. The maximum absolute atomic E-state index is 16.0. The number of hydrogen-bond donors (Lipinski definition) is 4. The number of aromatic carboxylic acids is 1. The summed E-state index contributed by atoms with van der Waals surface area (Å²) < 4.78 is 32.9. The van der Waals surface area contributed by atoms with Crippen molar-refractivity contribution < 1.29 is 28.6 Å². The predicted octanol–water partition coefficient (Wildman–Crippen LogP) is 1.03. The normalized spacial score (nSPS) is 22.4. The molecule has 2 unspecified atom stereocenters. The number of nitrogen functional groups attached to an aromatic ring is 1. The molecule has 4 atom stereocenters. The van der Waals surface area contributed by atoms with E-state index in [1.54, 1.807) is 13.8 Å². The molecule has 12 heteroatoms. The van der Waals surface area contributed by atoms with E-state index in [9.17, 15) is 24.6 Å². The first-order valence-electron chi connectivity index (χ1n) is 11.5. The number of carboxylic acid groups (broad SMARTS) is 1. The van der Waals surface area contributed by atoms with Crippen LogP contribution in [0.25, 0.3) is 10.9 Å². The smallest absolute Gasteiger partial charge is 0.341 e. The van der Waals surface area contributed by atoms with Gasteiger partial charge in [-0.3, -0.25) is 9.59 Å². The summed E-state index contributed by atoms with van der Waals surface area (Å²) in [6.45, 7) is 4.90. The van der Waals surface area contributed by atoms with E-state index in [-0.39, 0.29) is 24.6 Å². The number of carbonyl (C=O) groups is 2. The number of fused-ring (bicyclic) bond motifs is 1. The molecular weight excluding hydrogens is 464 g/mol. The Labute approximate surface area is 199 Å². The number of nitrogens with two attached hydrogens (primary N) is 2. The van der Waals surface area contributed by atoms with E-state index < -0.39 is 75.5 Å². The summed E-state index contributed by atoms with van der Waals surface area (Å²) in [6.07, 6.45) is 1.34. The Morgan fingerprint density at radius 3 is 2.20 bits per heavy atom. The topological polar surface area (TPSA) is 155 Å². The van der Waals surface area contributed by atoms with E-state index in [0.29, 0.717) is 12.8 Å². The molecule has 4 rings (SSSR count). The van der Waals surface area contributed by atoms with Crippen LogP contribution in [-0.2, 0) is 4.79 Å². The molecule has 1 saturated heterocycles. The van der Waals surface area contributed by atoms with Crippen molar-refractivity contribution in [2.75, 3.05) is 23.7 Å². The van der Waals surface area contributed by atoms with Gasteiger partial charge in [-0.1, -0.05) is 0 Å². The van der Waals surface area contributed by atoms with Crippen LogP contribution in [0.4, 0.5) is 20.2 Å². The molecule has 35 heavy (non-hydrogen) atoms. The van der Waals surface area contributed by atoms with E-state index in [2.05, 4.69) is 0 Å². The first kappa shape index (κ1) is 24.9. The Morgan fingerprint density at radius 2 is 1.71 bits per heavy atom. The lowest BCUT2D eigenvalue weighted by Crippen LogP contribution is -2.63. The molecule has 6 N–H and O–H groups in total. The van der Waals surface area contributed by atoms with Crippen molar-refractivity contribution in [1.82, 2.24) is 9.47 Å². The molecule has 1 aromatic carbocycles. The lowest BCUT2D eigenvalue weighted by Gasteiger charge is -2.46. The van der Waals surface area contributed by atoms with Crippen molar-refractivity contribution in [2.24, 2.45) is 5.73 Å². The summed E-state index contributed by atoms with van der Waals surface area (Å²) >= 11 is 0. The van der Waals surface area contributed by atoms with Crippen molar-refractivity contribution in [1.29, 1.82) is 0 Å². The minimum Gasteiger partial charge on any atom is -0.477 e. The third-order valence-corrected chi connectivity index (χ3v) is 6.83. The van der Waals surface area contributed by atoms with E-state index in [1.807, 2.05) is 0 Å². The Morgan fingerprint density at radius 1 is 1.14 bits per heavy atom. The molecule has 0 spiro atoms. The molecule has 2 aromatic rings. The fraction of sp³-hybridized carbons (Fsp3) is 0.522. The maximum Gasteiger partial charge on any atom is 0.341 e. The highest BCUT2D eigenvalue weighted by atomic mass is 19.1. The molecule has 1 saturated carbocycles. The van der Waals surface area contributed by atoms with Gasteiger partial charge >= 0.3 is 5.97 Å². The largest absolute Gasteiger partial charge is 0.477 e. The van der Waals surface area contributed by atoms with Crippen molar-refractivity contribution in [3.8, 4) is 0 Å². The highest BCUT2D eigenvalue weighted by Gasteiger charge is 2.39. The van der Waals surface area contributed by atoms with Crippen LogP contribution in [0.5, 0.6) is 0 Å². The average Bonchev–Trinajstić information content (AvgIpc) is 3.61. The number of benzene rings is 1. The summed E-state index contributed by atoms with van der Waals surface area (Å²) in [4.78, 5) is 40.1. The summed E-state index contributed by atoms with van der Waals surface area (Å²) in [5.41, 5.74) is 8.88.